The number of hydrogen-bond acceptors (Lipinski definition) is 5. The van der Waals surface area contributed by atoms with Gasteiger partial charge in [0.1, 0.15) is 0 Å². The SMILES string of the molecule is O=C(O)CCNC(=O)c1ccc(NC(=O)C2(OCc3ccccc3)CCOCC2)cc1. The van der Waals surface area contributed by atoms with Crippen LogP contribution in [0.1, 0.15) is 35.2 Å². The van der Waals surface area contributed by atoms with Crippen LogP contribution in [0.2, 0.25) is 0 Å². The fraction of sp³-hybridized carbons (Fsp3) is 0.348. The van der Waals surface area contributed by atoms with Crippen LogP contribution < -0.4 is 10.6 Å². The van der Waals surface area contributed by atoms with Crippen LogP contribution in [-0.2, 0) is 25.7 Å². The Morgan fingerprint density at radius 3 is 2.32 bits per heavy atom. The lowest BCUT2D eigenvalue weighted by molar-refractivity contribution is -0.158. The van der Waals surface area contributed by atoms with Crippen molar-refractivity contribution in [2.75, 3.05) is 25.1 Å². The van der Waals surface area contributed by atoms with Gasteiger partial charge in [-0.05, 0) is 29.8 Å². The number of benzene rings is 2. The zero-order chi connectivity index (χ0) is 22.1. The minimum Gasteiger partial charge on any atom is -0.481 e. The molecule has 0 aromatic heterocycles. The molecule has 0 bridgehead atoms. The van der Waals surface area contributed by atoms with E-state index in [1.165, 1.54) is 0 Å². The Balaban J connectivity index is 1.61. The first-order valence-electron chi connectivity index (χ1n) is 10.2. The van der Waals surface area contributed by atoms with Crippen molar-refractivity contribution in [1.82, 2.24) is 5.32 Å². The number of carbonyl (C=O) groups is 3. The van der Waals surface area contributed by atoms with Gasteiger partial charge in [0.15, 0.2) is 5.60 Å². The van der Waals surface area contributed by atoms with E-state index in [9.17, 15) is 14.4 Å². The van der Waals surface area contributed by atoms with Crippen LogP contribution in [0.25, 0.3) is 0 Å². The second kappa shape index (κ2) is 10.7. The van der Waals surface area contributed by atoms with E-state index in [2.05, 4.69) is 10.6 Å². The van der Waals surface area contributed by atoms with Crippen molar-refractivity contribution >= 4 is 23.5 Å². The minimum atomic E-state index is -0.985. The molecule has 3 N–H and O–H groups in total. The quantitative estimate of drug-likeness (QED) is 0.568. The highest BCUT2D eigenvalue weighted by Gasteiger charge is 2.41. The summed E-state index contributed by atoms with van der Waals surface area (Å²) < 4.78 is 11.5. The van der Waals surface area contributed by atoms with Crippen LogP contribution in [0, 0.1) is 0 Å². The predicted octanol–water partition coefficient (Wildman–Crippen LogP) is 2.60. The summed E-state index contributed by atoms with van der Waals surface area (Å²) in [7, 11) is 0. The summed E-state index contributed by atoms with van der Waals surface area (Å²) in [5, 5.41) is 14.1. The molecule has 0 saturated carbocycles. The van der Waals surface area contributed by atoms with Gasteiger partial charge in [-0.15, -0.1) is 0 Å². The molecule has 31 heavy (non-hydrogen) atoms. The molecule has 0 radical (unpaired) electrons. The number of ether oxygens (including phenoxy) is 2. The van der Waals surface area contributed by atoms with Crippen LogP contribution in [0.15, 0.2) is 54.6 Å². The van der Waals surface area contributed by atoms with E-state index in [4.69, 9.17) is 14.6 Å². The zero-order valence-corrected chi connectivity index (χ0v) is 17.1. The minimum absolute atomic E-state index is 0.0516. The van der Waals surface area contributed by atoms with Gasteiger partial charge in [0.2, 0.25) is 0 Å². The summed E-state index contributed by atoms with van der Waals surface area (Å²) in [6, 6.07) is 16.1. The highest BCUT2D eigenvalue weighted by molar-refractivity contribution is 5.98. The third kappa shape index (κ3) is 6.37. The molecule has 0 atom stereocenters. The topological polar surface area (TPSA) is 114 Å². The number of anilines is 1. The Labute approximate surface area is 180 Å². The molecule has 1 aliphatic rings. The number of aliphatic carboxylic acids is 1. The van der Waals surface area contributed by atoms with Gasteiger partial charge in [-0.25, -0.2) is 0 Å². The van der Waals surface area contributed by atoms with Gasteiger partial charge in [0.25, 0.3) is 11.8 Å². The van der Waals surface area contributed by atoms with Crippen LogP contribution in [0.4, 0.5) is 5.69 Å². The lowest BCUT2D eigenvalue weighted by Crippen LogP contribution is -2.49. The molecule has 1 saturated heterocycles. The Morgan fingerprint density at radius 2 is 1.68 bits per heavy atom. The molecule has 8 heteroatoms. The largest absolute Gasteiger partial charge is 0.481 e. The lowest BCUT2D eigenvalue weighted by atomic mass is 9.92. The molecule has 164 valence electrons. The van der Waals surface area contributed by atoms with Crippen molar-refractivity contribution in [1.29, 1.82) is 0 Å². The highest BCUT2D eigenvalue weighted by Crippen LogP contribution is 2.28. The molecule has 1 fully saturated rings. The third-order valence-electron chi connectivity index (χ3n) is 5.10. The number of hydrogen-bond donors (Lipinski definition) is 3. The molecule has 3 rings (SSSR count). The van der Waals surface area contributed by atoms with Crippen molar-refractivity contribution in [3.63, 3.8) is 0 Å². The lowest BCUT2D eigenvalue weighted by Gasteiger charge is -2.35. The first kappa shape index (κ1) is 22.5. The van der Waals surface area contributed by atoms with Crippen molar-refractivity contribution in [2.24, 2.45) is 0 Å². The standard InChI is InChI=1S/C23H26N2O6/c26-20(27)10-13-24-21(28)18-6-8-19(9-7-18)25-22(29)23(11-14-30-15-12-23)31-16-17-4-2-1-3-5-17/h1-9H,10-16H2,(H,24,28)(H,25,29)(H,26,27). The molecule has 2 aromatic rings. The maximum absolute atomic E-state index is 13.1. The van der Waals surface area contributed by atoms with Gasteiger partial charge < -0.3 is 25.2 Å². The second-order valence-corrected chi connectivity index (χ2v) is 7.31. The molecule has 0 unspecified atom stereocenters. The second-order valence-electron chi connectivity index (χ2n) is 7.31. The van der Waals surface area contributed by atoms with Crippen molar-refractivity contribution < 1.29 is 29.0 Å². The van der Waals surface area contributed by atoms with Gasteiger partial charge in [-0.3, -0.25) is 14.4 Å². The van der Waals surface area contributed by atoms with E-state index in [0.717, 1.165) is 5.56 Å². The van der Waals surface area contributed by atoms with Gasteiger partial charge in [0, 0.05) is 43.9 Å². The van der Waals surface area contributed by atoms with Crippen LogP contribution in [0.3, 0.4) is 0 Å². The number of carboxylic acids is 1. The predicted molar refractivity (Wildman–Crippen MR) is 114 cm³/mol. The maximum Gasteiger partial charge on any atom is 0.305 e. The van der Waals surface area contributed by atoms with E-state index in [1.807, 2.05) is 30.3 Å². The Hall–Kier alpha value is -3.23. The molecule has 1 aliphatic heterocycles. The van der Waals surface area contributed by atoms with E-state index < -0.39 is 11.6 Å². The molecular weight excluding hydrogens is 400 g/mol. The number of nitrogens with one attached hydrogen (secondary N) is 2. The van der Waals surface area contributed by atoms with E-state index in [-0.39, 0.29) is 24.8 Å². The van der Waals surface area contributed by atoms with Crippen molar-refractivity contribution in [3.05, 3.63) is 65.7 Å². The van der Waals surface area contributed by atoms with Gasteiger partial charge in [-0.2, -0.15) is 0 Å². The van der Waals surface area contributed by atoms with Gasteiger partial charge in [-0.1, -0.05) is 30.3 Å². The summed E-state index contributed by atoms with van der Waals surface area (Å²) >= 11 is 0. The van der Waals surface area contributed by atoms with Crippen LogP contribution in [-0.4, -0.2) is 48.2 Å². The summed E-state index contributed by atoms with van der Waals surface area (Å²) in [5.74, 6) is -1.59. The van der Waals surface area contributed by atoms with E-state index in [0.29, 0.717) is 43.9 Å². The molecule has 0 aliphatic carbocycles. The maximum atomic E-state index is 13.1. The molecule has 2 aromatic carbocycles. The summed E-state index contributed by atoms with van der Waals surface area (Å²) in [4.78, 5) is 35.7. The molecule has 1 heterocycles. The third-order valence-corrected chi connectivity index (χ3v) is 5.10. The number of amides is 2. The van der Waals surface area contributed by atoms with Gasteiger partial charge >= 0.3 is 5.97 Å². The van der Waals surface area contributed by atoms with Gasteiger partial charge in [0.05, 0.1) is 13.0 Å². The smallest absolute Gasteiger partial charge is 0.305 e. The Bertz CT molecular complexity index is 892. The monoisotopic (exact) mass is 426 g/mol. The van der Waals surface area contributed by atoms with Crippen LogP contribution in [0.5, 0.6) is 0 Å². The molecule has 8 nitrogen and oxygen atoms in total. The highest BCUT2D eigenvalue weighted by atomic mass is 16.5. The first-order chi connectivity index (χ1) is 15.0. The zero-order valence-electron chi connectivity index (χ0n) is 17.1. The molecular formula is C23H26N2O6. The van der Waals surface area contributed by atoms with E-state index in [1.54, 1.807) is 24.3 Å². The summed E-state index contributed by atoms with van der Waals surface area (Å²) in [6.07, 6.45) is 0.764. The number of carboxylic acid groups (broad SMARTS) is 1. The average Bonchev–Trinajstić information content (AvgIpc) is 2.79. The molecule has 0 spiro atoms. The van der Waals surface area contributed by atoms with Crippen molar-refractivity contribution in [3.8, 4) is 0 Å². The van der Waals surface area contributed by atoms with Crippen LogP contribution >= 0.6 is 0 Å². The Kier molecular flexibility index (Phi) is 7.75. The fourth-order valence-corrected chi connectivity index (χ4v) is 3.27. The number of carbonyl (C=O) groups excluding carboxylic acids is 2. The first-order valence-corrected chi connectivity index (χ1v) is 10.2. The Morgan fingerprint density at radius 1 is 1.00 bits per heavy atom. The summed E-state index contributed by atoms with van der Waals surface area (Å²) in [5.41, 5.74) is 0.922. The summed E-state index contributed by atoms with van der Waals surface area (Å²) in [6.45, 7) is 1.26. The van der Waals surface area contributed by atoms with Crippen molar-refractivity contribution in [2.45, 2.75) is 31.5 Å². The fourth-order valence-electron chi connectivity index (χ4n) is 3.27. The number of rotatable bonds is 9. The average molecular weight is 426 g/mol. The molecule has 2 amide bonds. The normalized spacial score (nSPS) is 15.1. The van der Waals surface area contributed by atoms with E-state index >= 15 is 0 Å².